The number of ketones is 2. The van der Waals surface area contributed by atoms with Gasteiger partial charge in [0.2, 0.25) is 0 Å². The summed E-state index contributed by atoms with van der Waals surface area (Å²) in [5.41, 5.74) is 10.0. The summed E-state index contributed by atoms with van der Waals surface area (Å²) in [6.07, 6.45) is 6.08. The fourth-order valence-electron chi connectivity index (χ4n) is 6.57. The molecule has 0 saturated heterocycles. The molecular formula is C33H32BrNO4S. The lowest BCUT2D eigenvalue weighted by Gasteiger charge is -2.41. The highest BCUT2D eigenvalue weighted by Crippen LogP contribution is 2.45. The van der Waals surface area contributed by atoms with Gasteiger partial charge in [0.25, 0.3) is 0 Å². The molecule has 3 aromatic carbocycles. The Balaban J connectivity index is 1.34. The number of carbonyl (C=O) groups excluding carboxylic acids is 3. The van der Waals surface area contributed by atoms with Gasteiger partial charge in [-0.05, 0) is 62.5 Å². The largest absolute Gasteiger partial charge is 0.459 e. The monoisotopic (exact) mass is 617 g/mol. The van der Waals surface area contributed by atoms with Crippen LogP contribution < -0.4 is 5.73 Å². The number of hydrogen-bond donors (Lipinski definition) is 1. The van der Waals surface area contributed by atoms with Crippen LogP contribution in [0.3, 0.4) is 0 Å². The second kappa shape index (κ2) is 11.2. The molecule has 3 aliphatic rings. The Bertz CT molecular complexity index is 1500. The van der Waals surface area contributed by atoms with Gasteiger partial charge in [-0.15, -0.1) is 11.8 Å². The lowest BCUT2D eigenvalue weighted by Crippen LogP contribution is -2.37. The molecule has 4 unspecified atom stereocenters. The number of thioether (sulfide) groups is 1. The maximum atomic E-state index is 13.7. The van der Waals surface area contributed by atoms with Crippen molar-refractivity contribution in [2.24, 2.45) is 11.8 Å². The Morgan fingerprint density at radius 3 is 2.40 bits per heavy atom. The van der Waals surface area contributed by atoms with Crippen LogP contribution in [-0.4, -0.2) is 28.5 Å². The SMILES string of the molecule is Cc1ccc(CSc2cc(C(=O)OC3CCC4C(Br)CCCC4C3)c(N)c3c2C(=O)c2ccccc2C3=O)cc1. The fraction of sp³-hybridized carbons (Fsp3) is 0.364. The van der Waals surface area contributed by atoms with E-state index in [1.165, 1.54) is 24.6 Å². The van der Waals surface area contributed by atoms with Crippen LogP contribution in [-0.2, 0) is 10.5 Å². The number of alkyl halides is 1. The second-order valence-electron chi connectivity index (χ2n) is 11.3. The Hall–Kier alpha value is -2.90. The molecule has 0 heterocycles. The third-order valence-corrected chi connectivity index (χ3v) is 11.0. The van der Waals surface area contributed by atoms with Crippen molar-refractivity contribution in [1.29, 1.82) is 0 Å². The van der Waals surface area contributed by atoms with Crippen LogP contribution in [0.25, 0.3) is 0 Å². The molecule has 0 bridgehead atoms. The summed E-state index contributed by atoms with van der Waals surface area (Å²) in [4.78, 5) is 42.1. The van der Waals surface area contributed by atoms with Crippen LogP contribution in [0.1, 0.15) is 91.9 Å². The van der Waals surface area contributed by atoms with Gasteiger partial charge in [-0.2, -0.15) is 0 Å². The predicted molar refractivity (Wildman–Crippen MR) is 162 cm³/mol. The first-order valence-corrected chi connectivity index (χ1v) is 15.9. The predicted octanol–water partition coefficient (Wildman–Crippen LogP) is 7.53. The second-order valence-corrected chi connectivity index (χ2v) is 13.5. The van der Waals surface area contributed by atoms with Crippen molar-refractivity contribution in [1.82, 2.24) is 0 Å². The first-order valence-electron chi connectivity index (χ1n) is 14.0. The Morgan fingerprint density at radius 1 is 0.975 bits per heavy atom. The van der Waals surface area contributed by atoms with E-state index in [1.54, 1.807) is 30.3 Å². The van der Waals surface area contributed by atoms with Crippen molar-refractivity contribution in [3.63, 3.8) is 0 Å². The number of hydrogen-bond acceptors (Lipinski definition) is 6. The summed E-state index contributed by atoms with van der Waals surface area (Å²) >= 11 is 5.30. The van der Waals surface area contributed by atoms with E-state index in [-0.39, 0.29) is 40.0 Å². The van der Waals surface area contributed by atoms with Gasteiger partial charge < -0.3 is 10.5 Å². The molecule has 40 heavy (non-hydrogen) atoms. The number of ether oxygens (including phenoxy) is 1. The number of benzene rings is 3. The molecule has 206 valence electrons. The molecule has 0 aromatic heterocycles. The summed E-state index contributed by atoms with van der Waals surface area (Å²) in [6.45, 7) is 2.03. The molecular weight excluding hydrogens is 586 g/mol. The fourth-order valence-corrected chi connectivity index (χ4v) is 8.65. The van der Waals surface area contributed by atoms with E-state index >= 15 is 0 Å². The number of nitrogen functional groups attached to an aromatic ring is 1. The van der Waals surface area contributed by atoms with Crippen molar-refractivity contribution in [2.45, 2.75) is 67.0 Å². The summed E-state index contributed by atoms with van der Waals surface area (Å²) in [5, 5.41) is 0. The van der Waals surface area contributed by atoms with E-state index in [0.717, 1.165) is 36.8 Å². The van der Waals surface area contributed by atoms with Crippen LogP contribution in [0.2, 0.25) is 0 Å². The molecule has 0 amide bonds. The van der Waals surface area contributed by atoms with Crippen molar-refractivity contribution in [3.8, 4) is 0 Å². The quantitative estimate of drug-likeness (QED) is 0.108. The number of anilines is 1. The smallest absolute Gasteiger partial charge is 0.340 e. The van der Waals surface area contributed by atoms with E-state index in [2.05, 4.69) is 15.9 Å². The van der Waals surface area contributed by atoms with Crippen LogP contribution >= 0.6 is 27.7 Å². The Kier molecular flexibility index (Phi) is 7.62. The molecule has 0 radical (unpaired) electrons. The van der Waals surface area contributed by atoms with Gasteiger partial charge in [-0.1, -0.05) is 76.4 Å². The normalized spacial score (nSPS) is 23.6. The highest BCUT2D eigenvalue weighted by atomic mass is 79.9. The molecule has 3 aliphatic carbocycles. The van der Waals surface area contributed by atoms with Crippen molar-refractivity contribution in [3.05, 3.63) is 93.5 Å². The average molecular weight is 619 g/mol. The lowest BCUT2D eigenvalue weighted by atomic mass is 9.70. The van der Waals surface area contributed by atoms with Gasteiger partial charge in [0.15, 0.2) is 11.6 Å². The zero-order chi connectivity index (χ0) is 28.0. The van der Waals surface area contributed by atoms with Crippen molar-refractivity contribution < 1.29 is 19.1 Å². The van der Waals surface area contributed by atoms with Gasteiger partial charge >= 0.3 is 5.97 Å². The maximum Gasteiger partial charge on any atom is 0.340 e. The first kappa shape index (κ1) is 27.3. The standard InChI is InChI=1S/C33H32BrNO4S/c1-18-9-11-19(12-10-18)17-40-27-16-25(33(38)39-21-13-14-22-20(15-21)5-4-8-26(22)34)30(35)29-28(27)31(36)23-6-2-3-7-24(23)32(29)37/h2-3,6-7,9-12,16,20-22,26H,4-5,8,13-15,17,35H2,1H3. The molecule has 4 atom stereocenters. The number of carbonyl (C=O) groups is 3. The lowest BCUT2D eigenvalue weighted by molar-refractivity contribution is 0.000425. The topological polar surface area (TPSA) is 86.5 Å². The van der Waals surface area contributed by atoms with E-state index in [9.17, 15) is 14.4 Å². The van der Waals surface area contributed by atoms with Crippen LogP contribution in [0.15, 0.2) is 59.5 Å². The number of rotatable bonds is 5. The Morgan fingerprint density at radius 2 is 1.68 bits per heavy atom. The van der Waals surface area contributed by atoms with Gasteiger partial charge in [0.1, 0.15) is 6.10 Å². The summed E-state index contributed by atoms with van der Waals surface area (Å²) < 4.78 is 6.06. The minimum Gasteiger partial charge on any atom is -0.459 e. The van der Waals surface area contributed by atoms with Gasteiger partial charge in [0.05, 0.1) is 16.8 Å². The highest BCUT2D eigenvalue weighted by molar-refractivity contribution is 9.09. The minimum atomic E-state index is -0.522. The van der Waals surface area contributed by atoms with E-state index < -0.39 is 5.97 Å². The summed E-state index contributed by atoms with van der Waals surface area (Å²) in [7, 11) is 0. The van der Waals surface area contributed by atoms with Gasteiger partial charge in [-0.25, -0.2) is 4.79 Å². The molecule has 2 fully saturated rings. The molecule has 3 aromatic rings. The zero-order valence-electron chi connectivity index (χ0n) is 22.5. The summed E-state index contributed by atoms with van der Waals surface area (Å²) in [6, 6.07) is 16.6. The van der Waals surface area contributed by atoms with Crippen molar-refractivity contribution >= 4 is 50.9 Å². The molecule has 0 aliphatic heterocycles. The minimum absolute atomic E-state index is 0.0272. The van der Waals surface area contributed by atoms with E-state index in [4.69, 9.17) is 10.5 Å². The molecule has 2 saturated carbocycles. The number of esters is 1. The van der Waals surface area contributed by atoms with E-state index in [1.807, 2.05) is 31.2 Å². The third kappa shape index (κ3) is 5.03. The number of halogens is 1. The van der Waals surface area contributed by atoms with Gasteiger partial charge in [-0.3, -0.25) is 9.59 Å². The Labute approximate surface area is 247 Å². The van der Waals surface area contributed by atoms with Crippen LogP contribution in [0.4, 0.5) is 5.69 Å². The third-order valence-electron chi connectivity index (χ3n) is 8.72. The number of aryl methyl sites for hydroxylation is 1. The van der Waals surface area contributed by atoms with Crippen LogP contribution in [0, 0.1) is 18.8 Å². The molecule has 0 spiro atoms. The van der Waals surface area contributed by atoms with E-state index in [0.29, 0.717) is 38.4 Å². The average Bonchev–Trinajstić information content (AvgIpc) is 2.96. The zero-order valence-corrected chi connectivity index (χ0v) is 24.9. The van der Waals surface area contributed by atoms with Crippen LogP contribution in [0.5, 0.6) is 0 Å². The highest BCUT2D eigenvalue weighted by Gasteiger charge is 2.39. The molecule has 2 N–H and O–H groups in total. The molecule has 5 nitrogen and oxygen atoms in total. The molecule has 6 rings (SSSR count). The maximum absolute atomic E-state index is 13.7. The van der Waals surface area contributed by atoms with Gasteiger partial charge in [0, 0.05) is 32.2 Å². The number of nitrogens with two attached hydrogens (primary N) is 1. The number of fused-ring (bicyclic) bond motifs is 3. The van der Waals surface area contributed by atoms with Crippen molar-refractivity contribution in [2.75, 3.05) is 5.73 Å². The summed E-state index contributed by atoms with van der Waals surface area (Å²) in [5.74, 6) is 0.649. The molecule has 7 heteroatoms. The first-order chi connectivity index (χ1) is 19.3.